The molecule has 1 N–H and O–H groups in total. The van der Waals surface area contributed by atoms with E-state index in [1.54, 1.807) is 0 Å². The molecule has 0 bridgehead atoms. The SMILES string of the molecule is CC1CCC/C(=N/NC(=O)c2ccc([N+](=O)[O-])cc2)C1. The molecule has 1 atom stereocenters. The van der Waals surface area contributed by atoms with Gasteiger partial charge < -0.3 is 0 Å². The van der Waals surface area contributed by atoms with Gasteiger partial charge in [-0.3, -0.25) is 14.9 Å². The topological polar surface area (TPSA) is 84.6 Å². The van der Waals surface area contributed by atoms with E-state index in [0.717, 1.165) is 25.0 Å². The Bertz CT molecular complexity index is 537. The summed E-state index contributed by atoms with van der Waals surface area (Å²) in [7, 11) is 0. The number of amides is 1. The van der Waals surface area contributed by atoms with Gasteiger partial charge in [0.2, 0.25) is 0 Å². The van der Waals surface area contributed by atoms with Crippen LogP contribution in [0.5, 0.6) is 0 Å². The van der Waals surface area contributed by atoms with Crippen molar-refractivity contribution in [3.63, 3.8) is 0 Å². The third kappa shape index (κ3) is 3.63. The van der Waals surface area contributed by atoms with Gasteiger partial charge in [0.1, 0.15) is 0 Å². The molecule has 0 radical (unpaired) electrons. The highest BCUT2D eigenvalue weighted by molar-refractivity contribution is 5.95. The molecule has 1 fully saturated rings. The third-order valence-electron chi connectivity index (χ3n) is 3.40. The molecule has 6 nitrogen and oxygen atoms in total. The Hall–Kier alpha value is -2.24. The largest absolute Gasteiger partial charge is 0.271 e. The monoisotopic (exact) mass is 275 g/mol. The van der Waals surface area contributed by atoms with Crippen LogP contribution in [-0.2, 0) is 0 Å². The second-order valence-corrected chi connectivity index (χ2v) is 5.12. The van der Waals surface area contributed by atoms with Crippen molar-refractivity contribution in [1.82, 2.24) is 5.43 Å². The molecule has 0 heterocycles. The molecule has 2 rings (SSSR count). The molecule has 0 saturated heterocycles. The molecule has 1 aliphatic rings. The lowest BCUT2D eigenvalue weighted by Gasteiger charge is -2.18. The van der Waals surface area contributed by atoms with Crippen LogP contribution in [0.2, 0.25) is 0 Å². The first-order chi connectivity index (χ1) is 9.56. The van der Waals surface area contributed by atoms with E-state index < -0.39 is 4.92 Å². The van der Waals surface area contributed by atoms with Gasteiger partial charge in [0.15, 0.2) is 0 Å². The maximum atomic E-state index is 11.9. The van der Waals surface area contributed by atoms with E-state index in [4.69, 9.17) is 0 Å². The minimum absolute atomic E-state index is 0.0334. The maximum absolute atomic E-state index is 11.9. The summed E-state index contributed by atoms with van der Waals surface area (Å²) in [6, 6.07) is 5.48. The predicted molar refractivity (Wildman–Crippen MR) is 75.6 cm³/mol. The number of hydrogen-bond donors (Lipinski definition) is 1. The summed E-state index contributed by atoms with van der Waals surface area (Å²) in [5.41, 5.74) is 3.86. The molecule has 1 unspecified atom stereocenters. The summed E-state index contributed by atoms with van der Waals surface area (Å²) in [6.45, 7) is 2.17. The molecule has 106 valence electrons. The molecule has 20 heavy (non-hydrogen) atoms. The van der Waals surface area contributed by atoms with Crippen molar-refractivity contribution in [2.75, 3.05) is 0 Å². The van der Waals surface area contributed by atoms with Gasteiger partial charge in [-0.25, -0.2) is 5.43 Å². The first kappa shape index (κ1) is 14.2. The molecular weight excluding hydrogens is 258 g/mol. The Kier molecular flexibility index (Phi) is 4.45. The van der Waals surface area contributed by atoms with Crippen LogP contribution in [0, 0.1) is 16.0 Å². The number of nitro groups is 1. The van der Waals surface area contributed by atoms with E-state index in [9.17, 15) is 14.9 Å². The van der Waals surface area contributed by atoms with E-state index in [2.05, 4.69) is 17.5 Å². The Morgan fingerprint density at radius 2 is 2.10 bits per heavy atom. The van der Waals surface area contributed by atoms with Crippen LogP contribution in [0.25, 0.3) is 0 Å². The van der Waals surface area contributed by atoms with Crippen LogP contribution in [0.4, 0.5) is 5.69 Å². The minimum atomic E-state index is -0.495. The highest BCUT2D eigenvalue weighted by Gasteiger charge is 2.14. The molecule has 0 aromatic heterocycles. The van der Waals surface area contributed by atoms with Gasteiger partial charge in [-0.1, -0.05) is 6.92 Å². The summed E-state index contributed by atoms with van der Waals surface area (Å²) >= 11 is 0. The van der Waals surface area contributed by atoms with E-state index in [1.807, 2.05) is 0 Å². The van der Waals surface area contributed by atoms with Crippen molar-refractivity contribution in [2.24, 2.45) is 11.0 Å². The lowest BCUT2D eigenvalue weighted by atomic mass is 9.89. The van der Waals surface area contributed by atoms with Crippen LogP contribution in [0.3, 0.4) is 0 Å². The Labute approximate surface area is 117 Å². The molecule has 1 aromatic rings. The maximum Gasteiger partial charge on any atom is 0.271 e. The van der Waals surface area contributed by atoms with Crippen molar-refractivity contribution in [2.45, 2.75) is 32.6 Å². The fourth-order valence-electron chi connectivity index (χ4n) is 2.29. The summed E-state index contributed by atoms with van der Waals surface area (Å²) in [5, 5.41) is 14.7. The average Bonchev–Trinajstić information content (AvgIpc) is 2.45. The fraction of sp³-hybridized carbons (Fsp3) is 0.429. The normalized spacial score (nSPS) is 20.6. The number of nitro benzene ring substituents is 1. The second kappa shape index (κ2) is 6.27. The number of hydrazone groups is 1. The predicted octanol–water partition coefficient (Wildman–Crippen LogP) is 2.89. The summed E-state index contributed by atoms with van der Waals surface area (Å²) < 4.78 is 0. The van der Waals surface area contributed by atoms with E-state index in [-0.39, 0.29) is 11.6 Å². The summed E-state index contributed by atoms with van der Waals surface area (Å²) in [6.07, 6.45) is 4.15. The number of hydrogen-bond acceptors (Lipinski definition) is 4. The Morgan fingerprint density at radius 1 is 1.40 bits per heavy atom. The lowest BCUT2D eigenvalue weighted by Crippen LogP contribution is -2.22. The lowest BCUT2D eigenvalue weighted by molar-refractivity contribution is -0.384. The highest BCUT2D eigenvalue weighted by Crippen LogP contribution is 2.21. The third-order valence-corrected chi connectivity index (χ3v) is 3.40. The van der Waals surface area contributed by atoms with Crippen LogP contribution in [0.1, 0.15) is 43.0 Å². The van der Waals surface area contributed by atoms with Gasteiger partial charge in [0.25, 0.3) is 11.6 Å². The van der Waals surface area contributed by atoms with E-state index >= 15 is 0 Å². The fourth-order valence-corrected chi connectivity index (χ4v) is 2.29. The number of rotatable bonds is 3. The molecule has 1 aliphatic carbocycles. The summed E-state index contributed by atoms with van der Waals surface area (Å²) in [4.78, 5) is 21.9. The average molecular weight is 275 g/mol. The van der Waals surface area contributed by atoms with Gasteiger partial charge in [-0.2, -0.15) is 5.10 Å². The van der Waals surface area contributed by atoms with Crippen molar-refractivity contribution < 1.29 is 9.72 Å². The van der Waals surface area contributed by atoms with Gasteiger partial charge in [0.05, 0.1) is 4.92 Å². The highest BCUT2D eigenvalue weighted by atomic mass is 16.6. The molecule has 0 spiro atoms. The van der Waals surface area contributed by atoms with Gasteiger partial charge >= 0.3 is 0 Å². The molecule has 1 saturated carbocycles. The van der Waals surface area contributed by atoms with Crippen LogP contribution < -0.4 is 5.43 Å². The van der Waals surface area contributed by atoms with E-state index in [1.165, 1.54) is 30.7 Å². The quantitative estimate of drug-likeness (QED) is 0.680. The van der Waals surface area contributed by atoms with Crippen LogP contribution in [-0.4, -0.2) is 16.5 Å². The number of carbonyl (C=O) groups is 1. The second-order valence-electron chi connectivity index (χ2n) is 5.12. The van der Waals surface area contributed by atoms with Crippen molar-refractivity contribution in [3.8, 4) is 0 Å². The molecule has 6 heteroatoms. The molecular formula is C14H17N3O3. The molecule has 0 aliphatic heterocycles. The van der Waals surface area contributed by atoms with Gasteiger partial charge in [0, 0.05) is 23.4 Å². The Balaban J connectivity index is 1.97. The van der Waals surface area contributed by atoms with Crippen LogP contribution in [0.15, 0.2) is 29.4 Å². The van der Waals surface area contributed by atoms with Gasteiger partial charge in [-0.15, -0.1) is 0 Å². The summed E-state index contributed by atoms with van der Waals surface area (Å²) in [5.74, 6) is 0.268. The van der Waals surface area contributed by atoms with Crippen LogP contribution >= 0.6 is 0 Å². The molecule has 1 aromatic carbocycles. The van der Waals surface area contributed by atoms with Crippen molar-refractivity contribution >= 4 is 17.3 Å². The zero-order valence-corrected chi connectivity index (χ0v) is 11.3. The Morgan fingerprint density at radius 3 is 2.70 bits per heavy atom. The van der Waals surface area contributed by atoms with Crippen molar-refractivity contribution in [1.29, 1.82) is 0 Å². The molecule has 1 amide bonds. The number of non-ortho nitro benzene ring substituents is 1. The number of carbonyl (C=O) groups excluding carboxylic acids is 1. The zero-order chi connectivity index (χ0) is 14.5. The number of nitrogens with one attached hydrogen (secondary N) is 1. The first-order valence-corrected chi connectivity index (χ1v) is 6.66. The van der Waals surface area contributed by atoms with E-state index in [0.29, 0.717) is 11.5 Å². The number of benzene rings is 1. The minimum Gasteiger partial charge on any atom is -0.267 e. The number of nitrogens with zero attached hydrogens (tertiary/aromatic N) is 2. The smallest absolute Gasteiger partial charge is 0.267 e. The standard InChI is InChI=1S/C14H17N3O3/c1-10-3-2-4-12(9-10)15-16-14(18)11-5-7-13(8-6-11)17(19)20/h5-8,10H,2-4,9H2,1H3,(H,16,18)/b15-12-. The zero-order valence-electron chi connectivity index (χ0n) is 11.3. The first-order valence-electron chi connectivity index (χ1n) is 6.66. The van der Waals surface area contributed by atoms with Crippen molar-refractivity contribution in [3.05, 3.63) is 39.9 Å². The van der Waals surface area contributed by atoms with Gasteiger partial charge in [-0.05, 0) is 43.7 Å².